The first-order valence-electron chi connectivity index (χ1n) is 8.64. The van der Waals surface area contributed by atoms with Gasteiger partial charge in [0.25, 0.3) is 5.69 Å². The van der Waals surface area contributed by atoms with E-state index in [4.69, 9.17) is 0 Å². The first-order valence-corrected chi connectivity index (χ1v) is 8.64. The zero-order valence-electron chi connectivity index (χ0n) is 14.6. The number of nitro groups is 1. The van der Waals surface area contributed by atoms with Crippen molar-refractivity contribution in [3.05, 3.63) is 33.9 Å². The molecule has 0 amide bonds. The summed E-state index contributed by atoms with van der Waals surface area (Å²) in [5.41, 5.74) is 2.43. The summed E-state index contributed by atoms with van der Waals surface area (Å²) in [6.45, 7) is 8.95. The van der Waals surface area contributed by atoms with Crippen molar-refractivity contribution >= 4 is 11.4 Å². The van der Waals surface area contributed by atoms with Crippen LogP contribution in [-0.4, -0.2) is 86.1 Å². The molecule has 0 bridgehead atoms. The zero-order chi connectivity index (χ0) is 17.1. The molecule has 2 aliphatic heterocycles. The van der Waals surface area contributed by atoms with Crippen molar-refractivity contribution in [1.29, 1.82) is 0 Å². The smallest absolute Gasteiger partial charge is 0.269 e. The predicted molar refractivity (Wildman–Crippen MR) is 95.6 cm³/mol. The van der Waals surface area contributed by atoms with Gasteiger partial charge in [-0.15, -0.1) is 0 Å². The molecule has 1 aromatic carbocycles. The highest BCUT2D eigenvalue weighted by Gasteiger charge is 2.22. The lowest BCUT2D eigenvalue weighted by atomic mass is 10.1. The van der Waals surface area contributed by atoms with E-state index in [0.29, 0.717) is 0 Å². The maximum absolute atomic E-state index is 11.2. The van der Waals surface area contributed by atoms with Gasteiger partial charge in [0, 0.05) is 76.7 Å². The SMILES string of the molecule is CN1CCN(Cc2cc([N+](=O)[O-])ccc2N2CCN(C)CC2)CC1. The second-order valence-electron chi connectivity index (χ2n) is 6.94. The molecule has 2 saturated heterocycles. The fourth-order valence-electron chi connectivity index (χ4n) is 3.41. The number of rotatable bonds is 4. The van der Waals surface area contributed by atoms with E-state index < -0.39 is 0 Å². The molecule has 2 aliphatic rings. The Balaban J connectivity index is 1.80. The summed E-state index contributed by atoms with van der Waals surface area (Å²) in [4.78, 5) is 20.3. The van der Waals surface area contributed by atoms with Gasteiger partial charge in [-0.05, 0) is 25.7 Å². The Kier molecular flexibility index (Phi) is 5.33. The standard InChI is InChI=1S/C17H27N5O2/c1-18-5-9-20(10-6-18)14-15-13-16(22(23)24)3-4-17(15)21-11-7-19(2)8-12-21/h3-4,13H,5-12,14H2,1-2H3. The summed E-state index contributed by atoms with van der Waals surface area (Å²) in [5, 5.41) is 11.2. The van der Waals surface area contributed by atoms with E-state index in [1.165, 1.54) is 0 Å². The number of hydrogen-bond donors (Lipinski definition) is 0. The highest BCUT2D eigenvalue weighted by atomic mass is 16.6. The average Bonchev–Trinajstić information content (AvgIpc) is 2.58. The molecular formula is C17H27N5O2. The number of nitro benzene ring substituents is 1. The normalized spacial score (nSPS) is 21.2. The summed E-state index contributed by atoms with van der Waals surface area (Å²) in [6, 6.07) is 5.35. The molecule has 0 radical (unpaired) electrons. The summed E-state index contributed by atoms with van der Waals surface area (Å²) in [5.74, 6) is 0. The topological polar surface area (TPSA) is 56.1 Å². The molecule has 132 valence electrons. The Hall–Kier alpha value is -1.70. The molecule has 0 atom stereocenters. The fraction of sp³-hybridized carbons (Fsp3) is 0.647. The van der Waals surface area contributed by atoms with E-state index in [0.717, 1.165) is 70.2 Å². The van der Waals surface area contributed by atoms with Crippen LogP contribution in [0.1, 0.15) is 5.56 Å². The van der Waals surface area contributed by atoms with Crippen LogP contribution < -0.4 is 4.90 Å². The molecule has 3 rings (SSSR count). The molecule has 0 spiro atoms. The monoisotopic (exact) mass is 333 g/mol. The Morgan fingerprint density at radius 1 is 0.958 bits per heavy atom. The lowest BCUT2D eigenvalue weighted by molar-refractivity contribution is -0.384. The molecule has 0 saturated carbocycles. The third-order valence-corrected chi connectivity index (χ3v) is 5.11. The molecule has 0 aromatic heterocycles. The van der Waals surface area contributed by atoms with Crippen LogP contribution in [0.5, 0.6) is 0 Å². The van der Waals surface area contributed by atoms with Gasteiger partial charge < -0.3 is 14.7 Å². The molecule has 0 N–H and O–H groups in total. The van der Waals surface area contributed by atoms with Gasteiger partial charge in [-0.2, -0.15) is 0 Å². The number of likely N-dealkylation sites (N-methyl/N-ethyl adjacent to an activating group) is 2. The van der Waals surface area contributed by atoms with Crippen molar-refractivity contribution in [1.82, 2.24) is 14.7 Å². The largest absolute Gasteiger partial charge is 0.369 e. The van der Waals surface area contributed by atoms with E-state index >= 15 is 0 Å². The summed E-state index contributed by atoms with van der Waals surface area (Å²) in [7, 11) is 4.28. The number of benzene rings is 1. The van der Waals surface area contributed by atoms with E-state index in [-0.39, 0.29) is 10.6 Å². The summed E-state index contributed by atoms with van der Waals surface area (Å²) >= 11 is 0. The first-order chi connectivity index (χ1) is 11.5. The van der Waals surface area contributed by atoms with Crippen LogP contribution in [-0.2, 0) is 6.54 Å². The fourth-order valence-corrected chi connectivity index (χ4v) is 3.41. The first kappa shape index (κ1) is 17.1. The van der Waals surface area contributed by atoms with E-state index in [1.54, 1.807) is 12.1 Å². The van der Waals surface area contributed by atoms with Crippen LogP contribution in [0.15, 0.2) is 18.2 Å². The molecular weight excluding hydrogens is 306 g/mol. The molecule has 7 nitrogen and oxygen atoms in total. The van der Waals surface area contributed by atoms with Crippen molar-refractivity contribution < 1.29 is 4.92 Å². The van der Waals surface area contributed by atoms with Crippen LogP contribution in [0.25, 0.3) is 0 Å². The zero-order valence-corrected chi connectivity index (χ0v) is 14.6. The number of non-ortho nitro benzene ring substituents is 1. The van der Waals surface area contributed by atoms with Gasteiger partial charge in [0.15, 0.2) is 0 Å². The number of hydrogen-bond acceptors (Lipinski definition) is 6. The van der Waals surface area contributed by atoms with Gasteiger partial charge in [0.05, 0.1) is 4.92 Å². The van der Waals surface area contributed by atoms with Crippen LogP contribution >= 0.6 is 0 Å². The second kappa shape index (κ2) is 7.46. The van der Waals surface area contributed by atoms with Crippen molar-refractivity contribution in [2.45, 2.75) is 6.54 Å². The Morgan fingerprint density at radius 3 is 2.12 bits per heavy atom. The summed E-state index contributed by atoms with van der Waals surface area (Å²) in [6.07, 6.45) is 0. The molecule has 2 heterocycles. The maximum Gasteiger partial charge on any atom is 0.269 e. The third kappa shape index (κ3) is 4.03. The average molecular weight is 333 g/mol. The minimum Gasteiger partial charge on any atom is -0.369 e. The Morgan fingerprint density at radius 2 is 1.54 bits per heavy atom. The van der Waals surface area contributed by atoms with Crippen molar-refractivity contribution in [2.75, 3.05) is 71.4 Å². The minimum atomic E-state index is -0.290. The predicted octanol–water partition coefficient (Wildman–Crippen LogP) is 1.09. The minimum absolute atomic E-state index is 0.192. The highest BCUT2D eigenvalue weighted by molar-refractivity contribution is 5.58. The van der Waals surface area contributed by atoms with Crippen LogP contribution in [0, 0.1) is 10.1 Å². The Bertz CT molecular complexity index is 578. The molecule has 0 aliphatic carbocycles. The van der Waals surface area contributed by atoms with E-state index in [9.17, 15) is 10.1 Å². The molecule has 1 aromatic rings. The third-order valence-electron chi connectivity index (χ3n) is 5.11. The maximum atomic E-state index is 11.2. The van der Waals surface area contributed by atoms with Crippen LogP contribution in [0.2, 0.25) is 0 Å². The van der Waals surface area contributed by atoms with Gasteiger partial charge in [0.1, 0.15) is 0 Å². The second-order valence-corrected chi connectivity index (χ2v) is 6.94. The molecule has 2 fully saturated rings. The highest BCUT2D eigenvalue weighted by Crippen LogP contribution is 2.28. The van der Waals surface area contributed by atoms with Gasteiger partial charge in [-0.25, -0.2) is 0 Å². The van der Waals surface area contributed by atoms with Gasteiger partial charge in [0.2, 0.25) is 0 Å². The van der Waals surface area contributed by atoms with Gasteiger partial charge >= 0.3 is 0 Å². The van der Waals surface area contributed by atoms with Crippen LogP contribution in [0.3, 0.4) is 0 Å². The summed E-state index contributed by atoms with van der Waals surface area (Å²) < 4.78 is 0. The number of anilines is 1. The number of piperazine rings is 2. The molecule has 0 unspecified atom stereocenters. The van der Waals surface area contributed by atoms with Crippen molar-refractivity contribution in [3.63, 3.8) is 0 Å². The van der Waals surface area contributed by atoms with Crippen LogP contribution in [0.4, 0.5) is 11.4 Å². The van der Waals surface area contributed by atoms with Crippen molar-refractivity contribution in [2.24, 2.45) is 0 Å². The Labute approximate surface area is 143 Å². The van der Waals surface area contributed by atoms with E-state index in [1.807, 2.05) is 6.07 Å². The lowest BCUT2D eigenvalue weighted by Gasteiger charge is -2.37. The van der Waals surface area contributed by atoms with E-state index in [2.05, 4.69) is 33.7 Å². The molecule has 24 heavy (non-hydrogen) atoms. The number of nitrogens with zero attached hydrogens (tertiary/aromatic N) is 5. The molecule has 7 heteroatoms. The van der Waals surface area contributed by atoms with Gasteiger partial charge in [-0.3, -0.25) is 15.0 Å². The quantitative estimate of drug-likeness (QED) is 0.607. The van der Waals surface area contributed by atoms with Gasteiger partial charge in [-0.1, -0.05) is 0 Å². The lowest BCUT2D eigenvalue weighted by Crippen LogP contribution is -2.46. The van der Waals surface area contributed by atoms with Crippen molar-refractivity contribution in [3.8, 4) is 0 Å².